The fourth-order valence-corrected chi connectivity index (χ4v) is 11.2. The molecule has 0 aliphatic carbocycles. The van der Waals surface area contributed by atoms with Crippen molar-refractivity contribution < 1.29 is 0 Å². The van der Waals surface area contributed by atoms with Crippen molar-refractivity contribution in [1.82, 2.24) is 0 Å². The molecule has 0 N–H and O–H groups in total. The number of hydrogen-bond acceptors (Lipinski definition) is 5. The Balaban J connectivity index is 0.889. The second-order valence-electron chi connectivity index (χ2n) is 17.9. The highest BCUT2D eigenvalue weighted by Gasteiger charge is 2.38. The van der Waals surface area contributed by atoms with Crippen LogP contribution in [0.1, 0.15) is 11.1 Å². The first-order valence-electron chi connectivity index (χ1n) is 23.5. The van der Waals surface area contributed by atoms with E-state index in [9.17, 15) is 0 Å². The Morgan fingerprint density at radius 1 is 0.235 bits per heavy atom. The Labute approximate surface area is 398 Å². The van der Waals surface area contributed by atoms with Crippen LogP contribution in [0.5, 0.6) is 0 Å². The minimum Gasteiger partial charge on any atom is -0.312 e. The number of aryl methyl sites for hydroxylation is 2. The van der Waals surface area contributed by atoms with E-state index in [0.717, 1.165) is 73.9 Å². The van der Waals surface area contributed by atoms with Gasteiger partial charge in [0.1, 0.15) is 0 Å². The minimum absolute atomic E-state index is 0.0374. The van der Waals surface area contributed by atoms with Crippen LogP contribution in [0.15, 0.2) is 243 Å². The summed E-state index contributed by atoms with van der Waals surface area (Å²) in [5.74, 6) is 0. The van der Waals surface area contributed by atoms with Crippen LogP contribution in [0.25, 0.3) is 0 Å². The number of rotatable bonds is 6. The van der Waals surface area contributed by atoms with E-state index in [1.807, 2.05) is 0 Å². The van der Waals surface area contributed by atoms with Gasteiger partial charge >= 0.3 is 0 Å². The van der Waals surface area contributed by atoms with Gasteiger partial charge in [0.2, 0.25) is 6.71 Å². The normalized spacial score (nSPS) is 13.3. The summed E-state index contributed by atoms with van der Waals surface area (Å²) in [5, 5.41) is 0. The molecule has 0 saturated heterocycles. The van der Waals surface area contributed by atoms with E-state index in [4.69, 9.17) is 0 Å². The Kier molecular flexibility index (Phi) is 9.32. The van der Waals surface area contributed by atoms with Gasteiger partial charge < -0.3 is 24.5 Å². The van der Waals surface area contributed by atoms with E-state index in [-0.39, 0.29) is 6.71 Å². The van der Waals surface area contributed by atoms with Gasteiger partial charge in [0.25, 0.3) is 0 Å². The summed E-state index contributed by atoms with van der Waals surface area (Å²) in [7, 11) is 0. The first-order chi connectivity index (χ1) is 33.6. The highest BCUT2D eigenvalue weighted by atomic mass is 15.3. The Hall–Kier alpha value is -8.74. The maximum atomic E-state index is 2.46. The molecule has 5 nitrogen and oxygen atoms in total. The number of anilines is 15. The van der Waals surface area contributed by atoms with Crippen molar-refractivity contribution in [2.24, 2.45) is 0 Å². The van der Waals surface area contributed by atoms with Gasteiger partial charge in [-0.2, -0.15) is 0 Å². The molecular weight excluding hydrogens is 826 g/mol. The highest BCUT2D eigenvalue weighted by molar-refractivity contribution is 6.98. The molecule has 0 amide bonds. The van der Waals surface area contributed by atoms with Crippen molar-refractivity contribution in [3.05, 3.63) is 254 Å². The fourth-order valence-electron chi connectivity index (χ4n) is 11.2. The lowest BCUT2D eigenvalue weighted by Crippen LogP contribution is -2.58. The molecule has 0 spiro atoms. The molecule has 0 saturated carbocycles. The maximum Gasteiger partial charge on any atom is 0.247 e. The van der Waals surface area contributed by atoms with Crippen LogP contribution in [0, 0.1) is 13.8 Å². The molecule has 3 aliphatic rings. The lowest BCUT2D eigenvalue weighted by atomic mass is 9.34. The quantitative estimate of drug-likeness (QED) is 0.154. The predicted octanol–water partition coefficient (Wildman–Crippen LogP) is 15.1. The minimum atomic E-state index is 0.0374. The van der Waals surface area contributed by atoms with Crippen molar-refractivity contribution in [2.75, 3.05) is 24.5 Å². The van der Waals surface area contributed by atoms with E-state index in [1.165, 1.54) is 38.9 Å². The first kappa shape index (κ1) is 39.6. The number of fused-ring (bicyclic) bond motifs is 6. The summed E-state index contributed by atoms with van der Waals surface area (Å²) >= 11 is 0. The molecule has 3 aliphatic heterocycles. The third-order valence-corrected chi connectivity index (χ3v) is 14.0. The molecule has 322 valence electrons. The van der Waals surface area contributed by atoms with Gasteiger partial charge in [-0.3, -0.25) is 0 Å². The average Bonchev–Trinajstić information content (AvgIpc) is 3.39. The van der Waals surface area contributed by atoms with Crippen molar-refractivity contribution >= 4 is 108 Å². The molecule has 68 heavy (non-hydrogen) atoms. The number of para-hydroxylation sites is 12. The summed E-state index contributed by atoms with van der Waals surface area (Å²) in [4.78, 5) is 12.1. The van der Waals surface area contributed by atoms with Crippen molar-refractivity contribution in [1.29, 1.82) is 0 Å². The van der Waals surface area contributed by atoms with Gasteiger partial charge in [-0.1, -0.05) is 138 Å². The van der Waals surface area contributed by atoms with Crippen LogP contribution < -0.4 is 40.9 Å². The van der Waals surface area contributed by atoms with Crippen LogP contribution >= 0.6 is 0 Å². The molecule has 0 bridgehead atoms. The third-order valence-electron chi connectivity index (χ3n) is 14.0. The molecular formula is C62H46BN5. The lowest BCUT2D eigenvalue weighted by molar-refractivity contribution is 1.16. The molecule has 0 unspecified atom stereocenters. The molecule has 13 rings (SSSR count). The predicted molar refractivity (Wildman–Crippen MR) is 288 cm³/mol. The van der Waals surface area contributed by atoms with Gasteiger partial charge in [0.15, 0.2) is 0 Å². The Bertz CT molecular complexity index is 3370. The van der Waals surface area contributed by atoms with Crippen LogP contribution in [0.2, 0.25) is 0 Å². The van der Waals surface area contributed by atoms with Crippen LogP contribution in [-0.4, -0.2) is 6.71 Å². The standard InChI is InChI=1S/C62H46BN5/c1-43-41-49(68-60-35-19-17-33-58(60)66(46-23-7-4-8-24-46)59-34-18-20-36-61(59)68)42-44(2)62(43)63-50-25-9-11-27-52(50)64(53-28-12-10-26-51(53)63)47-37-39-48(40-38-47)67-56-31-15-13-29-54(56)65(45-21-5-3-6-22-45)55-30-14-16-32-57(55)67/h3-42H,1-2H3. The van der Waals surface area contributed by atoms with Crippen LogP contribution in [0.4, 0.5) is 85.3 Å². The molecule has 10 aromatic carbocycles. The second-order valence-corrected chi connectivity index (χ2v) is 17.9. The largest absolute Gasteiger partial charge is 0.312 e. The van der Waals surface area contributed by atoms with Crippen molar-refractivity contribution in [3.8, 4) is 0 Å². The molecule has 3 heterocycles. The van der Waals surface area contributed by atoms with Gasteiger partial charge in [0.05, 0.1) is 45.5 Å². The monoisotopic (exact) mass is 871 g/mol. The van der Waals surface area contributed by atoms with E-state index in [2.05, 4.69) is 281 Å². The maximum absolute atomic E-state index is 2.46. The van der Waals surface area contributed by atoms with Gasteiger partial charge in [-0.05, 0) is 146 Å². The SMILES string of the molecule is Cc1cc(N2c3ccccc3N(c3ccccc3)c3ccccc32)cc(C)c1B1c2ccccc2N(c2ccc(N3c4ccccc4N(c4ccccc4)c4ccccc43)cc2)c2ccccc21. The van der Waals surface area contributed by atoms with Crippen molar-refractivity contribution in [2.45, 2.75) is 13.8 Å². The third kappa shape index (κ3) is 6.18. The molecule has 0 fully saturated rings. The lowest BCUT2D eigenvalue weighted by Gasteiger charge is -2.41. The number of hydrogen-bond donors (Lipinski definition) is 0. The molecule has 0 aromatic heterocycles. The van der Waals surface area contributed by atoms with Gasteiger partial charge in [-0.25, -0.2) is 0 Å². The summed E-state index contributed by atoms with van der Waals surface area (Å²) in [6.07, 6.45) is 0. The van der Waals surface area contributed by atoms with E-state index in [0.29, 0.717) is 0 Å². The van der Waals surface area contributed by atoms with E-state index >= 15 is 0 Å². The summed E-state index contributed by atoms with van der Waals surface area (Å²) in [6.45, 7) is 4.64. The van der Waals surface area contributed by atoms with Crippen LogP contribution in [-0.2, 0) is 0 Å². The summed E-state index contributed by atoms with van der Waals surface area (Å²) in [6, 6.07) is 88.3. The smallest absolute Gasteiger partial charge is 0.247 e. The zero-order valence-corrected chi connectivity index (χ0v) is 37.9. The average molecular weight is 872 g/mol. The van der Waals surface area contributed by atoms with E-state index in [1.54, 1.807) is 0 Å². The van der Waals surface area contributed by atoms with Crippen molar-refractivity contribution in [3.63, 3.8) is 0 Å². The molecule has 0 atom stereocenters. The fraction of sp³-hybridized carbons (Fsp3) is 0.0323. The Morgan fingerprint density at radius 3 is 0.794 bits per heavy atom. The zero-order chi connectivity index (χ0) is 45.3. The Morgan fingerprint density at radius 2 is 0.471 bits per heavy atom. The van der Waals surface area contributed by atoms with Gasteiger partial charge in [0, 0.05) is 39.8 Å². The second kappa shape index (κ2) is 16.0. The molecule has 10 aromatic rings. The highest BCUT2D eigenvalue weighted by Crippen LogP contribution is 2.56. The summed E-state index contributed by atoms with van der Waals surface area (Å²) < 4.78 is 0. The number of benzene rings is 10. The topological polar surface area (TPSA) is 16.2 Å². The number of nitrogens with zero attached hydrogens (tertiary/aromatic N) is 5. The van der Waals surface area contributed by atoms with E-state index < -0.39 is 0 Å². The molecule has 6 heteroatoms. The summed E-state index contributed by atoms with van der Waals surface area (Å²) in [5.41, 5.74) is 23.7. The first-order valence-corrected chi connectivity index (χ1v) is 23.5. The zero-order valence-electron chi connectivity index (χ0n) is 37.9. The van der Waals surface area contributed by atoms with Crippen LogP contribution in [0.3, 0.4) is 0 Å². The molecule has 0 radical (unpaired) electrons. The van der Waals surface area contributed by atoms with Gasteiger partial charge in [-0.15, -0.1) is 0 Å².